The van der Waals surface area contributed by atoms with Crippen LogP contribution in [0.25, 0.3) is 0 Å². The summed E-state index contributed by atoms with van der Waals surface area (Å²) in [5.74, 6) is 0.977. The van der Waals surface area contributed by atoms with Crippen molar-refractivity contribution in [3.8, 4) is 11.5 Å². The van der Waals surface area contributed by atoms with Gasteiger partial charge in [0.25, 0.3) is 0 Å². The summed E-state index contributed by atoms with van der Waals surface area (Å²) in [6.07, 6.45) is 1.57. The Bertz CT molecular complexity index is 769. The number of hydrogen-bond donors (Lipinski definition) is 1. The van der Waals surface area contributed by atoms with Gasteiger partial charge in [0.1, 0.15) is 17.1 Å². The maximum Gasteiger partial charge on any atom is 0.149 e. The van der Waals surface area contributed by atoms with Gasteiger partial charge in [-0.3, -0.25) is 0 Å². The summed E-state index contributed by atoms with van der Waals surface area (Å²) in [5.41, 5.74) is 3.21. The largest absolute Gasteiger partial charge is 0.506 e. The highest BCUT2D eigenvalue weighted by atomic mass is 35.5. The number of thiazole rings is 1. The maximum atomic E-state index is 10.1. The van der Waals surface area contributed by atoms with Crippen LogP contribution in [-0.4, -0.2) is 10.1 Å². The average molecular weight is 338 g/mol. The van der Waals surface area contributed by atoms with E-state index in [0.29, 0.717) is 5.02 Å². The Morgan fingerprint density at radius 3 is 2.50 bits per heavy atom. The van der Waals surface area contributed by atoms with E-state index in [4.69, 9.17) is 16.3 Å². The molecule has 1 N–H and O–H groups in total. The van der Waals surface area contributed by atoms with E-state index < -0.39 is 5.60 Å². The van der Waals surface area contributed by atoms with Crippen molar-refractivity contribution < 1.29 is 9.84 Å². The Labute approximate surface area is 139 Å². The molecule has 3 nitrogen and oxygen atoms in total. The second-order valence-electron chi connectivity index (χ2n) is 6.19. The molecule has 0 saturated carbocycles. The summed E-state index contributed by atoms with van der Waals surface area (Å²) in [6, 6.07) is 0. The van der Waals surface area contributed by atoms with Gasteiger partial charge >= 0.3 is 0 Å². The van der Waals surface area contributed by atoms with Crippen molar-refractivity contribution in [3.63, 3.8) is 0 Å². The van der Waals surface area contributed by atoms with Crippen LogP contribution in [0.3, 0.4) is 0 Å². The van der Waals surface area contributed by atoms with Gasteiger partial charge in [-0.2, -0.15) is 0 Å². The quantitative estimate of drug-likeness (QED) is 0.798. The van der Waals surface area contributed by atoms with Crippen LogP contribution < -0.4 is 4.74 Å². The van der Waals surface area contributed by atoms with Crippen LogP contribution in [0.5, 0.6) is 11.5 Å². The summed E-state index contributed by atoms with van der Waals surface area (Å²) >= 11 is 8.02. The first kappa shape index (κ1) is 15.6. The van der Waals surface area contributed by atoms with Gasteiger partial charge in [-0.05, 0) is 58.6 Å². The minimum atomic E-state index is -0.445. The first-order valence-electron chi connectivity index (χ1n) is 7.38. The zero-order chi connectivity index (χ0) is 16.2. The minimum Gasteiger partial charge on any atom is -0.506 e. The van der Waals surface area contributed by atoms with Crippen LogP contribution in [0.15, 0.2) is 0 Å². The first-order chi connectivity index (χ1) is 10.2. The molecule has 1 atom stereocenters. The second kappa shape index (κ2) is 5.14. The van der Waals surface area contributed by atoms with E-state index in [1.165, 1.54) is 4.88 Å². The number of ether oxygens (including phenoxy) is 1. The number of phenolic OH excluding ortho intramolecular Hbond substituents is 1. The second-order valence-corrected chi connectivity index (χ2v) is 7.98. The van der Waals surface area contributed by atoms with Gasteiger partial charge in [-0.15, -0.1) is 11.3 Å². The highest BCUT2D eigenvalue weighted by Crippen LogP contribution is 2.48. The Hall–Kier alpha value is -1.26. The number of halogens is 1. The molecule has 0 saturated heterocycles. The Kier molecular flexibility index (Phi) is 3.65. The number of aromatic hydroxyl groups is 1. The van der Waals surface area contributed by atoms with Crippen molar-refractivity contribution in [2.45, 2.75) is 53.1 Å². The molecule has 0 bridgehead atoms. The lowest BCUT2D eigenvalue weighted by atomic mass is 9.87. The molecular formula is C17H20ClNO2S. The highest BCUT2D eigenvalue weighted by Gasteiger charge is 2.39. The fourth-order valence-corrected chi connectivity index (χ4v) is 4.43. The van der Waals surface area contributed by atoms with Crippen molar-refractivity contribution >= 4 is 22.9 Å². The van der Waals surface area contributed by atoms with E-state index >= 15 is 0 Å². The molecule has 0 spiro atoms. The van der Waals surface area contributed by atoms with E-state index in [9.17, 15) is 5.11 Å². The van der Waals surface area contributed by atoms with E-state index in [1.807, 2.05) is 20.8 Å². The Balaban J connectivity index is 2.13. The molecule has 0 fully saturated rings. The monoisotopic (exact) mass is 337 g/mol. The number of phenols is 1. The van der Waals surface area contributed by atoms with E-state index in [2.05, 4.69) is 18.8 Å². The van der Waals surface area contributed by atoms with Crippen LogP contribution in [0, 0.1) is 27.7 Å². The van der Waals surface area contributed by atoms with Crippen LogP contribution >= 0.6 is 22.9 Å². The molecule has 3 rings (SSSR count). The maximum absolute atomic E-state index is 10.1. The molecule has 1 aliphatic rings. The standard InChI is InChI=1S/C17H20ClNO2S/c1-8-9(2)15-12(13(18)14(8)20)6-7-17(5,21-15)16-10(3)22-11(4)19-16/h20H,6-7H2,1-5H3. The van der Waals surface area contributed by atoms with Gasteiger partial charge in [-0.25, -0.2) is 4.98 Å². The molecule has 1 unspecified atom stereocenters. The smallest absolute Gasteiger partial charge is 0.149 e. The van der Waals surface area contributed by atoms with Gasteiger partial charge in [-0.1, -0.05) is 11.6 Å². The summed E-state index contributed by atoms with van der Waals surface area (Å²) < 4.78 is 6.40. The van der Waals surface area contributed by atoms with Crippen LogP contribution in [0.2, 0.25) is 5.02 Å². The fourth-order valence-electron chi connectivity index (χ4n) is 3.17. The zero-order valence-corrected chi connectivity index (χ0v) is 15.1. The average Bonchev–Trinajstić information content (AvgIpc) is 2.82. The van der Waals surface area contributed by atoms with Gasteiger partial charge in [0.15, 0.2) is 0 Å². The topological polar surface area (TPSA) is 42.4 Å². The molecule has 1 aromatic heterocycles. The number of fused-ring (bicyclic) bond motifs is 1. The zero-order valence-electron chi connectivity index (χ0n) is 13.5. The molecule has 2 heterocycles. The number of rotatable bonds is 1. The fraction of sp³-hybridized carbons (Fsp3) is 0.471. The summed E-state index contributed by atoms with van der Waals surface area (Å²) in [7, 11) is 0. The van der Waals surface area contributed by atoms with E-state index in [1.54, 1.807) is 11.3 Å². The van der Waals surface area contributed by atoms with Gasteiger partial charge in [0, 0.05) is 10.4 Å². The van der Waals surface area contributed by atoms with Crippen LogP contribution in [-0.2, 0) is 12.0 Å². The Morgan fingerprint density at radius 2 is 1.91 bits per heavy atom. The lowest BCUT2D eigenvalue weighted by Gasteiger charge is -2.37. The molecular weight excluding hydrogens is 318 g/mol. The molecule has 1 aliphatic heterocycles. The predicted octanol–water partition coefficient (Wildman–Crippen LogP) is 4.98. The highest BCUT2D eigenvalue weighted by molar-refractivity contribution is 7.11. The molecule has 5 heteroatoms. The number of aromatic nitrogens is 1. The van der Waals surface area contributed by atoms with Crippen molar-refractivity contribution in [2.24, 2.45) is 0 Å². The number of benzene rings is 1. The summed E-state index contributed by atoms with van der Waals surface area (Å²) in [5, 5.41) is 11.6. The Morgan fingerprint density at radius 1 is 1.23 bits per heavy atom. The molecule has 22 heavy (non-hydrogen) atoms. The summed E-state index contributed by atoms with van der Waals surface area (Å²) in [6.45, 7) is 10.0. The van der Waals surface area contributed by atoms with Crippen molar-refractivity contribution in [1.29, 1.82) is 0 Å². The molecule has 0 amide bonds. The SMILES string of the molecule is Cc1nc(C2(C)CCc3c(Cl)c(O)c(C)c(C)c3O2)c(C)s1. The number of aryl methyl sites for hydroxylation is 2. The van der Waals surface area contributed by atoms with Gasteiger partial charge in [0.05, 0.1) is 15.7 Å². The van der Waals surface area contributed by atoms with Crippen LogP contribution in [0.1, 0.15) is 45.6 Å². The summed E-state index contributed by atoms with van der Waals surface area (Å²) in [4.78, 5) is 5.88. The molecule has 0 radical (unpaired) electrons. The molecule has 2 aromatic rings. The third-order valence-electron chi connectivity index (χ3n) is 4.59. The number of nitrogens with zero attached hydrogens (tertiary/aromatic N) is 1. The van der Waals surface area contributed by atoms with Gasteiger partial charge in [0.2, 0.25) is 0 Å². The molecule has 118 valence electrons. The molecule has 0 aliphatic carbocycles. The lowest BCUT2D eigenvalue weighted by molar-refractivity contribution is 0.0569. The van der Waals surface area contributed by atoms with Crippen molar-refractivity contribution in [3.05, 3.63) is 37.3 Å². The normalized spacial score (nSPS) is 20.6. The van der Waals surface area contributed by atoms with E-state index in [0.717, 1.165) is 46.0 Å². The predicted molar refractivity (Wildman–Crippen MR) is 90.5 cm³/mol. The third-order valence-corrected chi connectivity index (χ3v) is 5.88. The molecule has 1 aromatic carbocycles. The van der Waals surface area contributed by atoms with Crippen molar-refractivity contribution in [2.75, 3.05) is 0 Å². The minimum absolute atomic E-state index is 0.172. The first-order valence-corrected chi connectivity index (χ1v) is 8.58. The lowest BCUT2D eigenvalue weighted by Crippen LogP contribution is -2.35. The number of hydrogen-bond acceptors (Lipinski definition) is 4. The third kappa shape index (κ3) is 2.20. The van der Waals surface area contributed by atoms with Crippen molar-refractivity contribution in [1.82, 2.24) is 4.98 Å². The van der Waals surface area contributed by atoms with E-state index in [-0.39, 0.29) is 5.75 Å². The van der Waals surface area contributed by atoms with Gasteiger partial charge < -0.3 is 9.84 Å². The van der Waals surface area contributed by atoms with Crippen LogP contribution in [0.4, 0.5) is 0 Å².